The Labute approximate surface area is 453 Å². The first-order chi connectivity index (χ1) is 38.1. The predicted octanol–water partition coefficient (Wildman–Crippen LogP) is 21.6. The molecule has 0 aliphatic rings. The van der Waals surface area contributed by atoms with Crippen LogP contribution < -0.4 is 9.80 Å². The van der Waals surface area contributed by atoms with E-state index in [4.69, 9.17) is 0 Å². The minimum Gasteiger partial charge on any atom is -0.310 e. The maximum atomic E-state index is 2.42. The average Bonchev–Trinajstić information content (AvgIpc) is 3.95. The molecule has 13 aromatic carbocycles. The summed E-state index contributed by atoms with van der Waals surface area (Å²) in [5, 5.41) is 7.60. The molecule has 0 fully saturated rings. The van der Waals surface area contributed by atoms with E-state index in [-0.39, 0.29) is 0 Å². The molecule has 0 unspecified atom stereocenters. The van der Waals surface area contributed by atoms with Gasteiger partial charge in [0.2, 0.25) is 0 Å². The van der Waals surface area contributed by atoms with Gasteiger partial charge in [-0.15, -0.1) is 11.3 Å². The monoisotopic (exact) mass is 998 g/mol. The Hall–Kier alpha value is -9.80. The molecule has 362 valence electrons. The summed E-state index contributed by atoms with van der Waals surface area (Å²) in [5.41, 5.74) is 18.2. The third-order valence-corrected chi connectivity index (χ3v) is 16.2. The fourth-order valence-corrected chi connectivity index (χ4v) is 12.5. The Morgan fingerprint density at radius 2 is 0.662 bits per heavy atom. The van der Waals surface area contributed by atoms with E-state index in [1.807, 2.05) is 11.3 Å². The van der Waals surface area contributed by atoms with Crippen molar-refractivity contribution in [2.24, 2.45) is 0 Å². The molecule has 14 rings (SSSR count). The summed E-state index contributed by atoms with van der Waals surface area (Å²) in [7, 11) is 0. The highest BCUT2D eigenvalue weighted by molar-refractivity contribution is 7.26. The van der Waals surface area contributed by atoms with E-state index in [0.717, 1.165) is 56.4 Å². The minimum atomic E-state index is 1.06. The standard InChI is InChI=1S/C74H50N2S/c1-4-17-51(18-5-1)56-24-14-27-64(46-56)75(67-42-37-59-45-58(33-34-60(59)48-67)53-21-8-3-9-22-53)65-28-16-26-62(49-65)68-30-12-13-32-72(68)76(66-29-15-25-57(47-66)52-19-6-2-7-20-52)63-40-35-54(36-41-63)61-39-43-70-71-44-38-55-23-10-11-31-69(55)74(71)77-73(70)50-61/h1-50H. The van der Waals surface area contributed by atoms with Gasteiger partial charge in [0.15, 0.2) is 0 Å². The van der Waals surface area contributed by atoms with Gasteiger partial charge >= 0.3 is 0 Å². The number of para-hydroxylation sites is 1. The van der Waals surface area contributed by atoms with Crippen molar-refractivity contribution >= 4 is 87.2 Å². The summed E-state index contributed by atoms with van der Waals surface area (Å²) in [6.45, 7) is 0. The zero-order valence-electron chi connectivity index (χ0n) is 42.2. The number of thiophene rings is 1. The number of hydrogen-bond donors (Lipinski definition) is 0. The van der Waals surface area contributed by atoms with E-state index < -0.39 is 0 Å². The molecule has 2 nitrogen and oxygen atoms in total. The van der Waals surface area contributed by atoms with Gasteiger partial charge in [0.05, 0.1) is 5.69 Å². The van der Waals surface area contributed by atoms with Gasteiger partial charge in [-0.3, -0.25) is 0 Å². The lowest BCUT2D eigenvalue weighted by molar-refractivity contribution is 1.27. The van der Waals surface area contributed by atoms with Crippen LogP contribution in [-0.2, 0) is 0 Å². The number of fused-ring (bicyclic) bond motifs is 6. The Balaban J connectivity index is 0.881. The molecule has 0 bridgehead atoms. The first-order valence-electron chi connectivity index (χ1n) is 26.3. The summed E-state index contributed by atoms with van der Waals surface area (Å²) in [4.78, 5) is 4.83. The average molecular weight is 999 g/mol. The largest absolute Gasteiger partial charge is 0.310 e. The van der Waals surface area contributed by atoms with Gasteiger partial charge in [-0.2, -0.15) is 0 Å². The van der Waals surface area contributed by atoms with Crippen molar-refractivity contribution in [1.82, 2.24) is 0 Å². The second kappa shape index (κ2) is 19.8. The predicted molar refractivity (Wildman–Crippen MR) is 331 cm³/mol. The van der Waals surface area contributed by atoms with Crippen molar-refractivity contribution in [3.05, 3.63) is 303 Å². The second-order valence-electron chi connectivity index (χ2n) is 19.7. The Kier molecular flexibility index (Phi) is 11.8. The van der Waals surface area contributed by atoms with Crippen molar-refractivity contribution in [3.63, 3.8) is 0 Å². The van der Waals surface area contributed by atoms with Crippen molar-refractivity contribution < 1.29 is 0 Å². The first-order valence-corrected chi connectivity index (χ1v) is 27.1. The zero-order chi connectivity index (χ0) is 51.1. The van der Waals surface area contributed by atoms with Crippen LogP contribution in [0.25, 0.3) is 97.4 Å². The molecule has 0 radical (unpaired) electrons. The fraction of sp³-hybridized carbons (Fsp3) is 0. The molecule has 3 heteroatoms. The molecule has 0 atom stereocenters. The van der Waals surface area contributed by atoms with Gasteiger partial charge in [-0.25, -0.2) is 0 Å². The van der Waals surface area contributed by atoms with Gasteiger partial charge in [0.25, 0.3) is 0 Å². The molecule has 0 aliphatic heterocycles. The Bertz CT molecular complexity index is 4450. The molecule has 1 heterocycles. The van der Waals surface area contributed by atoms with Crippen molar-refractivity contribution in [2.75, 3.05) is 9.80 Å². The molecule has 77 heavy (non-hydrogen) atoms. The quantitative estimate of drug-likeness (QED) is 0.127. The molecule has 0 saturated carbocycles. The SMILES string of the molecule is c1ccc(-c2cccc(N(c3cccc(-c4ccccc4N(c4ccc(-c5ccc6c(c5)sc5c7ccccc7ccc65)cc4)c4cccc(-c5ccccc5)c4)c3)c3ccc4cc(-c5ccccc5)ccc4c3)c2)cc1. The van der Waals surface area contributed by atoms with Crippen LogP contribution in [0.15, 0.2) is 303 Å². The third-order valence-electron chi connectivity index (χ3n) is 15.0. The van der Waals surface area contributed by atoms with Crippen molar-refractivity contribution in [1.29, 1.82) is 0 Å². The molecule has 14 aromatic rings. The fourth-order valence-electron chi connectivity index (χ4n) is 11.2. The van der Waals surface area contributed by atoms with Crippen LogP contribution in [0.4, 0.5) is 34.1 Å². The van der Waals surface area contributed by atoms with Crippen LogP contribution in [0.1, 0.15) is 0 Å². The van der Waals surface area contributed by atoms with E-state index in [0.29, 0.717) is 0 Å². The normalized spacial score (nSPS) is 11.4. The number of anilines is 6. The number of nitrogens with zero attached hydrogens (tertiary/aromatic N) is 2. The Morgan fingerprint density at radius 1 is 0.221 bits per heavy atom. The lowest BCUT2D eigenvalue weighted by Crippen LogP contribution is -2.12. The third kappa shape index (κ3) is 8.79. The molecular formula is C74H50N2S. The van der Waals surface area contributed by atoms with E-state index in [1.54, 1.807) is 0 Å². The summed E-state index contributed by atoms with van der Waals surface area (Å²) < 4.78 is 2.65. The lowest BCUT2D eigenvalue weighted by atomic mass is 9.98. The van der Waals surface area contributed by atoms with Gasteiger partial charge in [0, 0.05) is 54.2 Å². The molecule has 0 spiro atoms. The summed E-state index contributed by atoms with van der Waals surface area (Å²) in [5.74, 6) is 0. The van der Waals surface area contributed by atoms with Gasteiger partial charge in [-0.05, 0) is 150 Å². The van der Waals surface area contributed by atoms with E-state index in [9.17, 15) is 0 Å². The van der Waals surface area contributed by atoms with Crippen molar-refractivity contribution in [2.45, 2.75) is 0 Å². The topological polar surface area (TPSA) is 6.48 Å². The summed E-state index contributed by atoms with van der Waals surface area (Å²) in [6, 6.07) is 111. The van der Waals surface area contributed by atoms with Crippen LogP contribution in [0.3, 0.4) is 0 Å². The maximum Gasteiger partial charge on any atom is 0.0540 e. The molecule has 1 aromatic heterocycles. The highest BCUT2D eigenvalue weighted by atomic mass is 32.1. The number of hydrogen-bond acceptors (Lipinski definition) is 3. The van der Waals surface area contributed by atoms with Crippen LogP contribution in [0.2, 0.25) is 0 Å². The minimum absolute atomic E-state index is 1.06. The molecular weight excluding hydrogens is 949 g/mol. The smallest absolute Gasteiger partial charge is 0.0540 e. The van der Waals surface area contributed by atoms with E-state index in [1.165, 1.54) is 75.1 Å². The summed E-state index contributed by atoms with van der Waals surface area (Å²) in [6.07, 6.45) is 0. The van der Waals surface area contributed by atoms with Crippen molar-refractivity contribution in [3.8, 4) is 55.6 Å². The van der Waals surface area contributed by atoms with Gasteiger partial charge in [0.1, 0.15) is 0 Å². The van der Waals surface area contributed by atoms with E-state index >= 15 is 0 Å². The van der Waals surface area contributed by atoms with Crippen LogP contribution in [0.5, 0.6) is 0 Å². The van der Waals surface area contributed by atoms with Crippen LogP contribution in [-0.4, -0.2) is 0 Å². The number of rotatable bonds is 11. The molecule has 0 amide bonds. The first kappa shape index (κ1) is 45.8. The summed E-state index contributed by atoms with van der Waals surface area (Å²) >= 11 is 1.89. The van der Waals surface area contributed by atoms with Crippen LogP contribution in [0, 0.1) is 0 Å². The zero-order valence-corrected chi connectivity index (χ0v) is 43.0. The van der Waals surface area contributed by atoms with Gasteiger partial charge < -0.3 is 9.80 Å². The van der Waals surface area contributed by atoms with E-state index in [2.05, 4.69) is 313 Å². The Morgan fingerprint density at radius 3 is 1.35 bits per heavy atom. The second-order valence-corrected chi connectivity index (χ2v) is 20.8. The lowest BCUT2D eigenvalue weighted by Gasteiger charge is -2.29. The van der Waals surface area contributed by atoms with Gasteiger partial charge in [-0.1, -0.05) is 224 Å². The highest BCUT2D eigenvalue weighted by Crippen LogP contribution is 2.46. The molecule has 0 saturated heterocycles. The number of benzene rings is 13. The van der Waals surface area contributed by atoms with Crippen LogP contribution >= 0.6 is 11.3 Å². The molecule has 0 N–H and O–H groups in total. The molecule has 0 aliphatic carbocycles. The maximum absolute atomic E-state index is 2.42. The highest BCUT2D eigenvalue weighted by Gasteiger charge is 2.21.